The van der Waals surface area contributed by atoms with Crippen LogP contribution < -0.4 is 4.90 Å². The molecule has 1 saturated heterocycles. The fourth-order valence-electron chi connectivity index (χ4n) is 1.93. The predicted molar refractivity (Wildman–Crippen MR) is 58.2 cm³/mol. The first-order chi connectivity index (χ1) is 8.02. The number of carbonyl (C=O) groups is 1. The van der Waals surface area contributed by atoms with E-state index in [4.69, 9.17) is 0 Å². The average molecular weight is 243 g/mol. The van der Waals surface area contributed by atoms with Crippen LogP contribution in [0.5, 0.6) is 0 Å². The van der Waals surface area contributed by atoms with E-state index in [0.29, 0.717) is 6.29 Å². The number of hydrogen-bond donors (Lipinski definition) is 0. The third kappa shape index (κ3) is 2.60. The van der Waals surface area contributed by atoms with Gasteiger partial charge >= 0.3 is 0 Å². The molecule has 0 bridgehead atoms. The number of halogens is 3. The molecule has 2 nitrogen and oxygen atoms in total. The highest BCUT2D eigenvalue weighted by Crippen LogP contribution is 2.31. The maximum Gasteiger partial charge on any atom is 0.251 e. The van der Waals surface area contributed by atoms with E-state index in [1.807, 2.05) is 0 Å². The Bertz CT molecular complexity index is 424. The van der Waals surface area contributed by atoms with Crippen LogP contribution in [0, 0.1) is 5.82 Å². The van der Waals surface area contributed by atoms with Crippen LogP contribution in [0.25, 0.3) is 0 Å². The van der Waals surface area contributed by atoms with Gasteiger partial charge in [0.1, 0.15) is 12.1 Å². The number of hydrogen-bond acceptors (Lipinski definition) is 2. The second-order valence-corrected chi connectivity index (χ2v) is 4.17. The SMILES string of the molecule is O=Cc1ccc(N2CCC(F)(F)CC2)c(F)c1. The number of piperidine rings is 1. The second-order valence-electron chi connectivity index (χ2n) is 4.17. The van der Waals surface area contributed by atoms with Crippen molar-refractivity contribution in [2.75, 3.05) is 18.0 Å². The highest BCUT2D eigenvalue weighted by molar-refractivity contribution is 5.76. The van der Waals surface area contributed by atoms with E-state index in [9.17, 15) is 18.0 Å². The summed E-state index contributed by atoms with van der Waals surface area (Å²) in [6, 6.07) is 4.07. The van der Waals surface area contributed by atoms with Gasteiger partial charge < -0.3 is 4.90 Å². The van der Waals surface area contributed by atoms with Crippen LogP contribution in [0.15, 0.2) is 18.2 Å². The molecule has 0 aromatic heterocycles. The van der Waals surface area contributed by atoms with E-state index in [0.717, 1.165) is 6.07 Å². The number of anilines is 1. The van der Waals surface area contributed by atoms with Gasteiger partial charge in [-0.15, -0.1) is 0 Å². The number of rotatable bonds is 2. The summed E-state index contributed by atoms with van der Waals surface area (Å²) in [4.78, 5) is 12.0. The molecule has 0 atom stereocenters. The van der Waals surface area contributed by atoms with E-state index in [-0.39, 0.29) is 37.2 Å². The lowest BCUT2D eigenvalue weighted by Crippen LogP contribution is -2.39. The quantitative estimate of drug-likeness (QED) is 0.744. The zero-order valence-electron chi connectivity index (χ0n) is 9.13. The minimum absolute atomic E-state index is 0.129. The maximum atomic E-state index is 13.6. The van der Waals surface area contributed by atoms with Gasteiger partial charge in [-0.1, -0.05) is 0 Å². The first kappa shape index (κ1) is 12.0. The van der Waals surface area contributed by atoms with Gasteiger partial charge in [0.05, 0.1) is 5.69 Å². The summed E-state index contributed by atoms with van der Waals surface area (Å²) in [5.41, 5.74) is 0.527. The van der Waals surface area contributed by atoms with Gasteiger partial charge in [0.25, 0.3) is 5.92 Å². The van der Waals surface area contributed by atoms with Crippen molar-refractivity contribution >= 4 is 12.0 Å². The summed E-state index contributed by atoms with van der Waals surface area (Å²) < 4.78 is 39.5. The Morgan fingerprint density at radius 2 is 1.88 bits per heavy atom. The lowest BCUT2D eigenvalue weighted by molar-refractivity contribution is -0.0221. The summed E-state index contributed by atoms with van der Waals surface area (Å²) >= 11 is 0. The van der Waals surface area contributed by atoms with Crippen molar-refractivity contribution in [3.05, 3.63) is 29.6 Å². The van der Waals surface area contributed by atoms with Crippen LogP contribution in [0.4, 0.5) is 18.9 Å². The molecule has 1 aliphatic heterocycles. The minimum Gasteiger partial charge on any atom is -0.369 e. The molecule has 17 heavy (non-hydrogen) atoms. The Morgan fingerprint density at radius 1 is 1.24 bits per heavy atom. The summed E-state index contributed by atoms with van der Waals surface area (Å²) in [6.07, 6.45) is 0.0287. The van der Waals surface area contributed by atoms with Gasteiger partial charge in [0, 0.05) is 31.5 Å². The van der Waals surface area contributed by atoms with Crippen LogP contribution in [0.3, 0.4) is 0 Å². The second kappa shape index (κ2) is 4.39. The lowest BCUT2D eigenvalue weighted by atomic mass is 10.1. The highest BCUT2D eigenvalue weighted by Gasteiger charge is 2.34. The van der Waals surface area contributed by atoms with Gasteiger partial charge in [0.2, 0.25) is 0 Å². The average Bonchev–Trinajstić information content (AvgIpc) is 2.29. The van der Waals surface area contributed by atoms with Crippen molar-refractivity contribution in [3.63, 3.8) is 0 Å². The molecule has 0 spiro atoms. The number of benzene rings is 1. The van der Waals surface area contributed by atoms with E-state index < -0.39 is 11.7 Å². The molecule has 1 aliphatic rings. The maximum absolute atomic E-state index is 13.6. The topological polar surface area (TPSA) is 20.3 Å². The highest BCUT2D eigenvalue weighted by atomic mass is 19.3. The van der Waals surface area contributed by atoms with Gasteiger partial charge in [-0.05, 0) is 18.2 Å². The van der Waals surface area contributed by atoms with Crippen molar-refractivity contribution in [2.24, 2.45) is 0 Å². The van der Waals surface area contributed by atoms with Crippen molar-refractivity contribution in [2.45, 2.75) is 18.8 Å². The third-order valence-corrected chi connectivity index (χ3v) is 2.94. The van der Waals surface area contributed by atoms with Crippen molar-refractivity contribution in [3.8, 4) is 0 Å². The molecular weight excluding hydrogens is 231 g/mol. The summed E-state index contributed by atoms with van der Waals surface area (Å²) in [6.45, 7) is 0.259. The van der Waals surface area contributed by atoms with Crippen molar-refractivity contribution in [1.29, 1.82) is 0 Å². The van der Waals surface area contributed by atoms with Crippen molar-refractivity contribution < 1.29 is 18.0 Å². The fourth-order valence-corrected chi connectivity index (χ4v) is 1.93. The Morgan fingerprint density at radius 3 is 2.41 bits per heavy atom. The summed E-state index contributed by atoms with van der Waals surface area (Å²) in [5, 5.41) is 0. The first-order valence-electron chi connectivity index (χ1n) is 5.39. The Labute approximate surface area is 97.0 Å². The van der Waals surface area contributed by atoms with Gasteiger partial charge in [-0.3, -0.25) is 4.79 Å². The Balaban J connectivity index is 2.16. The van der Waals surface area contributed by atoms with Crippen LogP contribution in [-0.4, -0.2) is 25.3 Å². The molecule has 1 aromatic rings. The first-order valence-corrected chi connectivity index (χ1v) is 5.39. The van der Waals surface area contributed by atoms with Crippen LogP contribution >= 0.6 is 0 Å². The largest absolute Gasteiger partial charge is 0.369 e. The van der Waals surface area contributed by atoms with Crippen LogP contribution in [0.1, 0.15) is 23.2 Å². The molecule has 1 fully saturated rings. The molecule has 0 radical (unpaired) electrons. The lowest BCUT2D eigenvalue weighted by Gasteiger charge is -2.33. The van der Waals surface area contributed by atoms with Gasteiger partial charge in [-0.25, -0.2) is 13.2 Å². The fraction of sp³-hybridized carbons (Fsp3) is 0.417. The molecule has 0 N–H and O–H groups in total. The number of alkyl halides is 2. The van der Waals surface area contributed by atoms with Crippen LogP contribution in [0.2, 0.25) is 0 Å². The van der Waals surface area contributed by atoms with Crippen LogP contribution in [-0.2, 0) is 0 Å². The zero-order chi connectivity index (χ0) is 12.5. The van der Waals surface area contributed by atoms with Gasteiger partial charge in [-0.2, -0.15) is 0 Å². The van der Waals surface area contributed by atoms with E-state index in [1.54, 1.807) is 4.90 Å². The Hall–Kier alpha value is -1.52. The molecule has 0 aliphatic carbocycles. The standard InChI is InChI=1S/C12H12F3NO/c13-10-7-9(8-17)1-2-11(10)16-5-3-12(14,15)4-6-16/h1-2,7-8H,3-6H2. The molecule has 2 rings (SSSR count). The normalized spacial score (nSPS) is 19.1. The monoisotopic (exact) mass is 243 g/mol. The molecular formula is C12H12F3NO. The zero-order valence-corrected chi connectivity index (χ0v) is 9.13. The van der Waals surface area contributed by atoms with Crippen molar-refractivity contribution in [1.82, 2.24) is 0 Å². The van der Waals surface area contributed by atoms with Gasteiger partial charge in [0.15, 0.2) is 0 Å². The van der Waals surface area contributed by atoms with E-state index >= 15 is 0 Å². The Kier molecular flexibility index (Phi) is 3.09. The summed E-state index contributed by atoms with van der Waals surface area (Å²) in [7, 11) is 0. The molecule has 1 heterocycles. The van der Waals surface area contributed by atoms with E-state index in [2.05, 4.69) is 0 Å². The molecule has 0 amide bonds. The van der Waals surface area contributed by atoms with E-state index in [1.165, 1.54) is 12.1 Å². The molecule has 5 heteroatoms. The third-order valence-electron chi connectivity index (χ3n) is 2.94. The number of aldehydes is 1. The smallest absolute Gasteiger partial charge is 0.251 e. The molecule has 0 saturated carbocycles. The minimum atomic E-state index is -2.64. The molecule has 1 aromatic carbocycles. The molecule has 0 unspecified atom stereocenters. The number of nitrogens with zero attached hydrogens (tertiary/aromatic N) is 1. The number of carbonyl (C=O) groups excluding carboxylic acids is 1. The predicted octanol–water partition coefficient (Wildman–Crippen LogP) is 2.87. The summed E-state index contributed by atoms with van der Waals surface area (Å²) in [5.74, 6) is -3.18. The molecule has 92 valence electrons.